The highest BCUT2D eigenvalue weighted by Gasteiger charge is 2.43. The summed E-state index contributed by atoms with van der Waals surface area (Å²) in [6.45, 7) is 2.12. The lowest BCUT2D eigenvalue weighted by Gasteiger charge is -2.26. The van der Waals surface area contributed by atoms with Gasteiger partial charge in [0, 0.05) is 37.5 Å². The topological polar surface area (TPSA) is 99.6 Å². The summed E-state index contributed by atoms with van der Waals surface area (Å²) in [6, 6.07) is 11.5. The predicted octanol–water partition coefficient (Wildman–Crippen LogP) is 1.75. The molecule has 146 valence electrons. The zero-order valence-corrected chi connectivity index (χ0v) is 15.7. The van der Waals surface area contributed by atoms with Crippen LogP contribution < -0.4 is 5.32 Å². The fraction of sp³-hybridized carbons (Fsp3) is 0.333. The lowest BCUT2D eigenvalue weighted by molar-refractivity contribution is -0.147. The van der Waals surface area contributed by atoms with Gasteiger partial charge in [-0.1, -0.05) is 24.3 Å². The van der Waals surface area contributed by atoms with Crippen LogP contribution in [0.1, 0.15) is 29.3 Å². The molecule has 2 amide bonds. The second-order valence-corrected chi connectivity index (χ2v) is 7.33. The molecule has 2 N–H and O–H groups in total. The second kappa shape index (κ2) is 8.21. The molecule has 2 atom stereocenters. The Kier molecular flexibility index (Phi) is 5.73. The molecule has 2 unspecified atom stereocenters. The summed E-state index contributed by atoms with van der Waals surface area (Å²) in [4.78, 5) is 42.8. The van der Waals surface area contributed by atoms with Crippen LogP contribution in [0.2, 0.25) is 0 Å². The Morgan fingerprint density at radius 1 is 1.21 bits per heavy atom. The van der Waals surface area contributed by atoms with E-state index in [9.17, 15) is 19.5 Å². The Bertz CT molecular complexity index is 856. The van der Waals surface area contributed by atoms with E-state index in [2.05, 4.69) is 10.3 Å². The molecule has 2 aromatic rings. The number of benzene rings is 1. The van der Waals surface area contributed by atoms with Crippen LogP contribution in [-0.4, -0.2) is 51.9 Å². The minimum atomic E-state index is -0.960. The molecule has 1 aliphatic rings. The lowest BCUT2D eigenvalue weighted by atomic mass is 9.90. The fourth-order valence-electron chi connectivity index (χ4n) is 3.33. The highest BCUT2D eigenvalue weighted by molar-refractivity contribution is 5.97. The van der Waals surface area contributed by atoms with Gasteiger partial charge in [0.1, 0.15) is 6.04 Å². The van der Waals surface area contributed by atoms with Crippen LogP contribution in [0.15, 0.2) is 54.9 Å². The number of rotatable bonds is 6. The van der Waals surface area contributed by atoms with E-state index in [0.717, 1.165) is 5.56 Å². The predicted molar refractivity (Wildman–Crippen MR) is 103 cm³/mol. The number of nitrogens with one attached hydrogen (secondary N) is 1. The largest absolute Gasteiger partial charge is 0.481 e. The van der Waals surface area contributed by atoms with Gasteiger partial charge in [0.2, 0.25) is 5.91 Å². The number of aliphatic carboxylic acids is 1. The molecule has 0 spiro atoms. The zero-order valence-electron chi connectivity index (χ0n) is 15.7. The van der Waals surface area contributed by atoms with Crippen LogP contribution in [-0.2, 0) is 16.0 Å². The van der Waals surface area contributed by atoms with Gasteiger partial charge < -0.3 is 15.3 Å². The van der Waals surface area contributed by atoms with Gasteiger partial charge in [0.05, 0.1) is 5.41 Å². The summed E-state index contributed by atoms with van der Waals surface area (Å²) in [5, 5.41) is 12.2. The van der Waals surface area contributed by atoms with Gasteiger partial charge in [-0.15, -0.1) is 0 Å². The van der Waals surface area contributed by atoms with Crippen molar-refractivity contribution in [3.05, 3.63) is 66.0 Å². The molecule has 0 saturated carbocycles. The number of carbonyl (C=O) groups excluding carboxylic acids is 2. The van der Waals surface area contributed by atoms with E-state index in [1.165, 1.54) is 4.90 Å². The monoisotopic (exact) mass is 381 g/mol. The molecule has 0 radical (unpaired) electrons. The molecule has 1 aliphatic heterocycles. The molecule has 1 aromatic heterocycles. The van der Waals surface area contributed by atoms with Crippen molar-refractivity contribution < 1.29 is 19.5 Å². The molecule has 1 aromatic carbocycles. The maximum atomic E-state index is 13.1. The average molecular weight is 381 g/mol. The van der Waals surface area contributed by atoms with Gasteiger partial charge in [0.25, 0.3) is 5.91 Å². The van der Waals surface area contributed by atoms with E-state index >= 15 is 0 Å². The van der Waals surface area contributed by atoms with Gasteiger partial charge in [-0.25, -0.2) is 0 Å². The summed E-state index contributed by atoms with van der Waals surface area (Å²) < 4.78 is 0. The molecule has 2 heterocycles. The number of carboxylic acid groups (broad SMARTS) is 1. The van der Waals surface area contributed by atoms with E-state index in [-0.39, 0.29) is 24.8 Å². The Morgan fingerprint density at radius 3 is 2.57 bits per heavy atom. The highest BCUT2D eigenvalue weighted by atomic mass is 16.4. The number of carbonyl (C=O) groups is 3. The van der Waals surface area contributed by atoms with E-state index in [1.807, 2.05) is 12.1 Å². The fourth-order valence-corrected chi connectivity index (χ4v) is 3.33. The molecule has 1 fully saturated rings. The number of nitrogens with zero attached hydrogens (tertiary/aromatic N) is 2. The Labute approximate surface area is 163 Å². The van der Waals surface area contributed by atoms with Crippen molar-refractivity contribution in [2.24, 2.45) is 5.41 Å². The van der Waals surface area contributed by atoms with E-state index in [4.69, 9.17) is 0 Å². The summed E-state index contributed by atoms with van der Waals surface area (Å²) >= 11 is 0. The van der Waals surface area contributed by atoms with Gasteiger partial charge >= 0.3 is 5.97 Å². The SMILES string of the molecule is CC1(C(=O)O)CCN(C(=O)C(Cc2cccnc2)NC(=O)c2ccccc2)C1. The van der Waals surface area contributed by atoms with Crippen molar-refractivity contribution in [1.29, 1.82) is 0 Å². The van der Waals surface area contributed by atoms with Crippen LogP contribution in [0, 0.1) is 5.41 Å². The third kappa shape index (κ3) is 4.36. The zero-order chi connectivity index (χ0) is 20.1. The van der Waals surface area contributed by atoms with Crippen molar-refractivity contribution in [2.45, 2.75) is 25.8 Å². The number of aromatic nitrogens is 1. The van der Waals surface area contributed by atoms with Gasteiger partial charge in [0.15, 0.2) is 0 Å². The molecule has 7 nitrogen and oxygen atoms in total. The summed E-state index contributed by atoms with van der Waals surface area (Å²) in [5.41, 5.74) is 0.315. The summed E-state index contributed by atoms with van der Waals surface area (Å²) in [6.07, 6.45) is 3.97. The van der Waals surface area contributed by atoms with Crippen molar-refractivity contribution in [3.63, 3.8) is 0 Å². The van der Waals surface area contributed by atoms with Crippen LogP contribution in [0.5, 0.6) is 0 Å². The van der Waals surface area contributed by atoms with E-state index < -0.39 is 17.4 Å². The quantitative estimate of drug-likeness (QED) is 0.794. The second-order valence-electron chi connectivity index (χ2n) is 7.33. The Balaban J connectivity index is 1.78. The minimum Gasteiger partial charge on any atom is -0.481 e. The number of carboxylic acids is 1. The minimum absolute atomic E-state index is 0.131. The third-order valence-electron chi connectivity index (χ3n) is 5.10. The molecule has 0 aliphatic carbocycles. The Morgan fingerprint density at radius 2 is 1.96 bits per heavy atom. The Hall–Kier alpha value is -3.22. The van der Waals surface area contributed by atoms with Crippen molar-refractivity contribution >= 4 is 17.8 Å². The van der Waals surface area contributed by atoms with Gasteiger partial charge in [-0.3, -0.25) is 19.4 Å². The van der Waals surface area contributed by atoms with Crippen LogP contribution in [0.25, 0.3) is 0 Å². The highest BCUT2D eigenvalue weighted by Crippen LogP contribution is 2.30. The lowest BCUT2D eigenvalue weighted by Crippen LogP contribution is -2.49. The smallest absolute Gasteiger partial charge is 0.311 e. The molecule has 28 heavy (non-hydrogen) atoms. The first-order valence-electron chi connectivity index (χ1n) is 9.16. The van der Waals surface area contributed by atoms with Crippen molar-refractivity contribution in [2.75, 3.05) is 13.1 Å². The molecular weight excluding hydrogens is 358 g/mol. The number of pyridine rings is 1. The molecule has 7 heteroatoms. The number of amides is 2. The van der Waals surface area contributed by atoms with E-state index in [1.54, 1.807) is 49.6 Å². The molecule has 1 saturated heterocycles. The molecule has 3 rings (SSSR count). The normalized spacial score (nSPS) is 19.8. The summed E-state index contributed by atoms with van der Waals surface area (Å²) in [7, 11) is 0. The van der Waals surface area contributed by atoms with Crippen LogP contribution >= 0.6 is 0 Å². The van der Waals surface area contributed by atoms with Crippen LogP contribution in [0.3, 0.4) is 0 Å². The number of likely N-dealkylation sites (tertiary alicyclic amines) is 1. The first-order chi connectivity index (χ1) is 13.4. The maximum Gasteiger partial charge on any atom is 0.311 e. The average Bonchev–Trinajstić information content (AvgIpc) is 3.12. The van der Waals surface area contributed by atoms with Crippen molar-refractivity contribution in [1.82, 2.24) is 15.2 Å². The van der Waals surface area contributed by atoms with Crippen LogP contribution in [0.4, 0.5) is 0 Å². The van der Waals surface area contributed by atoms with Gasteiger partial charge in [-0.2, -0.15) is 0 Å². The maximum absolute atomic E-state index is 13.1. The van der Waals surface area contributed by atoms with Crippen molar-refractivity contribution in [3.8, 4) is 0 Å². The number of hydrogen-bond acceptors (Lipinski definition) is 4. The molecular formula is C21H23N3O4. The van der Waals surface area contributed by atoms with E-state index in [0.29, 0.717) is 18.5 Å². The van der Waals surface area contributed by atoms with Gasteiger partial charge in [-0.05, 0) is 37.1 Å². The molecule has 0 bridgehead atoms. The number of hydrogen-bond donors (Lipinski definition) is 2. The first-order valence-corrected chi connectivity index (χ1v) is 9.16. The third-order valence-corrected chi connectivity index (χ3v) is 5.10. The summed E-state index contributed by atoms with van der Waals surface area (Å²) in [5.74, 6) is -1.54. The first kappa shape index (κ1) is 19.5. The standard InChI is InChI=1S/C21H23N3O4/c1-21(20(27)28)9-11-24(14-21)19(26)17(12-15-6-5-10-22-13-15)23-18(25)16-7-3-2-4-8-16/h2-8,10,13,17H,9,11-12,14H2,1H3,(H,23,25)(H,27,28).